The summed E-state index contributed by atoms with van der Waals surface area (Å²) < 4.78 is 10.7. The molecular formula is C92H142N22O19. The van der Waals surface area contributed by atoms with E-state index in [4.69, 9.17) is 26.7 Å². The minimum absolute atomic E-state index is 0.0144. The molecule has 2 aromatic heterocycles. The summed E-state index contributed by atoms with van der Waals surface area (Å²) in [7, 11) is 1.44. The number of amides is 13. The van der Waals surface area contributed by atoms with Crippen LogP contribution in [0.1, 0.15) is 237 Å². The average Bonchev–Trinajstić information content (AvgIpc) is 1.65. The second-order valence-electron chi connectivity index (χ2n) is 33.9. The number of nitrogens with zero attached hydrogens (tertiary/aromatic N) is 6. The van der Waals surface area contributed by atoms with Crippen molar-refractivity contribution in [2.24, 2.45) is 33.1 Å². The summed E-state index contributed by atoms with van der Waals surface area (Å²) in [6.45, 7) is 4.03. The van der Waals surface area contributed by atoms with Crippen LogP contribution in [0.15, 0.2) is 82.6 Å². The molecule has 2 aromatic carbocycles. The Morgan fingerprint density at radius 1 is 0.632 bits per heavy atom. The number of carbonyl (C=O) groups excluding carboxylic acids is 15. The summed E-state index contributed by atoms with van der Waals surface area (Å²) in [5.74, 6) is -8.59. The summed E-state index contributed by atoms with van der Waals surface area (Å²) in [6.07, 6.45) is 25.5. The Kier molecular flexibility index (Phi) is 51.5. The number of nitrogens with two attached hydrogens (primary N) is 3. The fraction of sp³-hybridized carbons (Fsp3) is 0.630. The predicted molar refractivity (Wildman–Crippen MR) is 496 cm³/mol. The number of ether oxygens (including phenoxy) is 2. The van der Waals surface area contributed by atoms with Crippen LogP contribution in [0, 0.1) is 5.92 Å². The third-order valence-electron chi connectivity index (χ3n) is 23.1. The van der Waals surface area contributed by atoms with E-state index in [-0.39, 0.29) is 133 Å². The largest absolute Gasteiger partial charge is 0.394 e. The lowest BCUT2D eigenvalue weighted by atomic mass is 9.98. The van der Waals surface area contributed by atoms with Gasteiger partial charge in [-0.15, -0.1) is 10.2 Å². The number of aromatic amines is 2. The Morgan fingerprint density at radius 2 is 1.26 bits per heavy atom. The average molecular weight is 1860 g/mol. The number of nitrogens with one attached hydrogen (secondary N) is 13. The number of aliphatic imine (C=N–C) groups is 2. The van der Waals surface area contributed by atoms with Gasteiger partial charge in [0.15, 0.2) is 17.6 Å². The van der Waals surface area contributed by atoms with E-state index in [2.05, 4.69) is 94.1 Å². The minimum atomic E-state index is -1.58. The molecule has 2 saturated heterocycles. The fourth-order valence-electron chi connectivity index (χ4n) is 15.5. The Bertz CT molecular complexity index is 4430. The number of unbranched alkanes of at least 4 members (excludes halogenated alkanes) is 13. The number of ketones is 2. The maximum absolute atomic E-state index is 14.4. The Hall–Kier alpha value is -12.0. The number of aryl methyl sites for hydroxylation is 1. The molecule has 7 rings (SSSR count). The van der Waals surface area contributed by atoms with E-state index >= 15 is 0 Å². The Labute approximate surface area is 776 Å². The van der Waals surface area contributed by atoms with Gasteiger partial charge in [0.2, 0.25) is 76.8 Å². The normalized spacial score (nSPS) is 19.1. The van der Waals surface area contributed by atoms with Crippen LogP contribution < -0.4 is 75.7 Å². The zero-order chi connectivity index (χ0) is 96.7. The molecule has 3 aliphatic rings. The number of aliphatic hydroxyl groups excluding tert-OH is 2. The van der Waals surface area contributed by atoms with Crippen LogP contribution in [-0.4, -0.2) is 268 Å². The number of tetrazole rings is 1. The first-order valence-electron chi connectivity index (χ1n) is 46.9. The van der Waals surface area contributed by atoms with E-state index in [0.29, 0.717) is 69.2 Å². The number of aromatic nitrogens is 5. The molecule has 11 atom stereocenters. The quantitative estimate of drug-likeness (QED) is 0.0170. The van der Waals surface area contributed by atoms with Crippen molar-refractivity contribution >= 4 is 111 Å². The summed E-state index contributed by atoms with van der Waals surface area (Å²) in [5, 5.41) is 64.4. The van der Waals surface area contributed by atoms with Crippen molar-refractivity contribution < 1.29 is 91.6 Å². The van der Waals surface area contributed by atoms with Crippen molar-refractivity contribution in [1.82, 2.24) is 89.0 Å². The molecule has 3 aliphatic heterocycles. The molecule has 0 bridgehead atoms. The molecule has 734 valence electrons. The molecule has 13 amide bonds. The van der Waals surface area contributed by atoms with E-state index in [9.17, 15) is 82.1 Å². The summed E-state index contributed by atoms with van der Waals surface area (Å²) in [5.41, 5.74) is 19.2. The number of benzene rings is 2. The molecule has 0 aliphatic carbocycles. The van der Waals surface area contributed by atoms with Gasteiger partial charge in [-0.1, -0.05) is 170 Å². The lowest BCUT2D eigenvalue weighted by Crippen LogP contribution is -2.59. The first-order chi connectivity index (χ1) is 64.0. The van der Waals surface area contributed by atoms with Gasteiger partial charge in [0.25, 0.3) is 0 Å². The van der Waals surface area contributed by atoms with Crippen LogP contribution in [0.2, 0.25) is 0 Å². The fourth-order valence-corrected chi connectivity index (χ4v) is 15.5. The number of fused-ring (bicyclic) bond motifs is 2. The highest BCUT2D eigenvalue weighted by Crippen LogP contribution is 2.26. The van der Waals surface area contributed by atoms with Crippen LogP contribution in [0.4, 0.5) is 0 Å². The molecule has 0 radical (unpaired) electrons. The van der Waals surface area contributed by atoms with E-state index < -0.39 is 151 Å². The minimum Gasteiger partial charge on any atom is -0.394 e. The van der Waals surface area contributed by atoms with Gasteiger partial charge < -0.3 is 105 Å². The molecule has 41 nitrogen and oxygen atoms in total. The topological polar surface area (TPSA) is 624 Å². The molecule has 41 heteroatoms. The number of para-hydroxylation sites is 1. The van der Waals surface area contributed by atoms with Gasteiger partial charge in [-0.2, -0.15) is 5.21 Å². The third kappa shape index (κ3) is 43.1. The third-order valence-corrected chi connectivity index (χ3v) is 23.1. The number of guanidine groups is 1. The molecule has 5 heterocycles. The lowest BCUT2D eigenvalue weighted by Gasteiger charge is -2.29. The highest BCUT2D eigenvalue weighted by Gasteiger charge is 2.43. The van der Waals surface area contributed by atoms with Crippen molar-refractivity contribution in [2.45, 2.75) is 300 Å². The van der Waals surface area contributed by atoms with Crippen LogP contribution in [0.3, 0.4) is 0 Å². The summed E-state index contributed by atoms with van der Waals surface area (Å²) >= 11 is 0. The second-order valence-corrected chi connectivity index (χ2v) is 33.9. The molecule has 0 spiro atoms. The van der Waals surface area contributed by atoms with Crippen molar-refractivity contribution in [3.63, 3.8) is 0 Å². The summed E-state index contributed by atoms with van der Waals surface area (Å²) in [6, 6.07) is 5.67. The molecular weight excluding hydrogens is 1720 g/mol. The SMILES string of the molecule is CC(=O)[C@@H]1CCCCCC(=O)CC[C@H](C)C(=O)N2C[C@H](O)C[C@H]2C(=O)N[C@H](Cc2ccccc2)C(=O)N[C@@H](CCCN=C(N)N)C(=O)N[C@@H](Cc2c[nH]c3ccccc23)C(=O)N1.CCCC[C@H](NC(=O)[C@H](CC1=CCC=N1)NC(=O)[C@H](CCC(N)=O)NC(=O)[C@H](CO)NC(=O)CNC(=O)COCCOCCNC(=O)CCCCCCCCCCCCCCCc1nn[nH]n1)C(=O)NC. The first kappa shape index (κ1) is 110. The van der Waals surface area contributed by atoms with Gasteiger partial charge in [-0.3, -0.25) is 81.9 Å². The molecule has 0 unspecified atom stereocenters. The van der Waals surface area contributed by atoms with Gasteiger partial charge in [0.1, 0.15) is 60.7 Å². The van der Waals surface area contributed by atoms with E-state index in [1.54, 1.807) is 55.7 Å². The molecule has 0 saturated carbocycles. The lowest BCUT2D eigenvalue weighted by molar-refractivity contribution is -0.142. The zero-order valence-electron chi connectivity index (χ0n) is 77.4. The van der Waals surface area contributed by atoms with Crippen LogP contribution in [0.5, 0.6) is 0 Å². The van der Waals surface area contributed by atoms with Gasteiger partial charge in [-0.25, -0.2) is 0 Å². The number of rotatable bonds is 52. The maximum atomic E-state index is 14.4. The number of hydrogen-bond acceptors (Lipinski definition) is 24. The highest BCUT2D eigenvalue weighted by molar-refractivity contribution is 5.99. The Balaban J connectivity index is 0.000000412. The molecule has 4 aromatic rings. The molecule has 21 N–H and O–H groups in total. The van der Waals surface area contributed by atoms with Crippen molar-refractivity contribution in [1.29, 1.82) is 0 Å². The number of hydrogen-bond donors (Lipinski definition) is 18. The van der Waals surface area contributed by atoms with E-state index in [1.807, 2.05) is 31.2 Å². The van der Waals surface area contributed by atoms with Gasteiger partial charge in [0, 0.05) is 126 Å². The van der Waals surface area contributed by atoms with Crippen molar-refractivity contribution in [3.05, 3.63) is 89.5 Å². The maximum Gasteiger partial charge on any atom is 0.246 e. The zero-order valence-corrected chi connectivity index (χ0v) is 77.4. The number of primary amides is 1. The van der Waals surface area contributed by atoms with E-state index in [1.165, 1.54) is 76.7 Å². The Morgan fingerprint density at radius 3 is 1.92 bits per heavy atom. The van der Waals surface area contributed by atoms with Crippen LogP contribution in [-0.2, 0) is 101 Å². The van der Waals surface area contributed by atoms with Gasteiger partial charge in [-0.05, 0) is 81.9 Å². The van der Waals surface area contributed by atoms with Gasteiger partial charge in [0.05, 0.1) is 45.1 Å². The predicted octanol–water partition coefficient (Wildman–Crippen LogP) is 1.80. The van der Waals surface area contributed by atoms with Crippen molar-refractivity contribution in [2.75, 3.05) is 66.3 Å². The number of aliphatic hydroxyl groups is 2. The summed E-state index contributed by atoms with van der Waals surface area (Å²) in [4.78, 5) is 211. The molecule has 2 fully saturated rings. The monoisotopic (exact) mass is 1860 g/mol. The number of likely N-dealkylation sites (N-methyl/N-ethyl adjacent to an activating group) is 1. The highest BCUT2D eigenvalue weighted by atomic mass is 16.5. The smallest absolute Gasteiger partial charge is 0.246 e. The van der Waals surface area contributed by atoms with E-state index in [0.717, 1.165) is 60.8 Å². The number of Topliss-reactive ketones (excluding diaryl/α,β-unsaturated/α-hetero) is 2. The van der Waals surface area contributed by atoms with Gasteiger partial charge >= 0.3 is 0 Å². The van der Waals surface area contributed by atoms with Crippen molar-refractivity contribution in [3.8, 4) is 0 Å². The standard InChI is InChI=1S/C47H81N13O11.C45H61N9O8/c1-3-4-20-35(44(66)49-2)54-46(68)37(30-34-19-18-25-50-34)56-45(67)36(23-24-39(48)62)55-47(69)38(32-61)53-42(64)31-52-43(65)33-71-29-28-70-27-26-51-41(63)22-17-15-13-11-9-7-5-6-8-10-12-14-16-21-40-57-59-60-58-40;1-27-19-20-31(56)14-7-4-8-16-34(28(2)55)50-42(60)38(23-30-25-49-35-17-10-9-15-33(30)35)52-40(58)36(18-11-21-48-45(46)47)51-41(59)37(22-29-12-5-3-6-13-29)53-43(61)39-24-32(57)26-54(39)44(27)62/h19,25,35-38,61H,3-18,20-24,26-33H2,1-2H3,(H2,48,62)(H,49,66)(H,51,63)(H,52,65)(H,53,64)(H,54,68)(H,55,69)(H,56,67)(H,57,58,59,60);3,5-6,9-10,12-13,15,17,25,27,32,34,36-39,49,57H,4,7-8,11,14,16,18-24,26H2,1-2H3,(H,50,60)(H,51,59)(H,52,58)(H,53,61)(H4,46,47,48)/t35-,36-,37-,38-;27-,32+,34-,36-,37+,38-,39-/m00/s1. The number of H-pyrrole nitrogens is 2. The number of carbonyl (C=O) groups is 15. The van der Waals surface area contributed by atoms with Crippen LogP contribution in [0.25, 0.3) is 10.9 Å². The van der Waals surface area contributed by atoms with Crippen LogP contribution >= 0.6 is 0 Å². The second kappa shape index (κ2) is 62.4. The first-order valence-corrected chi connectivity index (χ1v) is 46.9. The number of allylic oxidation sites excluding steroid dienone is 1. The molecule has 133 heavy (non-hydrogen) atoms.